The summed E-state index contributed by atoms with van der Waals surface area (Å²) in [5.74, 6) is 0. The predicted octanol–water partition coefficient (Wildman–Crippen LogP) is 6.20. The Morgan fingerprint density at radius 2 is 1.57 bits per heavy atom. The molecular weight excluding hydrogens is 288 g/mol. The minimum Gasteiger partial charge on any atom is -0.446 e. The molecule has 0 aliphatic heterocycles. The van der Waals surface area contributed by atoms with E-state index in [1.54, 1.807) is 12.4 Å². The van der Waals surface area contributed by atoms with Crippen molar-refractivity contribution in [2.24, 2.45) is 0 Å². The van der Waals surface area contributed by atoms with Crippen LogP contribution in [0, 0.1) is 0 Å². The fraction of sp³-hybridized carbons (Fsp3) is 0.789. The summed E-state index contributed by atoms with van der Waals surface area (Å²) >= 11 is 0. The van der Waals surface area contributed by atoms with Crippen molar-refractivity contribution in [3.63, 3.8) is 0 Å². The first-order chi connectivity index (χ1) is 11.3. The van der Waals surface area contributed by atoms with Crippen LogP contribution in [0.3, 0.4) is 0 Å². The number of unbranched alkanes of at least 4 members (excludes halogenated alkanes) is 6. The molecule has 1 rings (SSSR count). The summed E-state index contributed by atoms with van der Waals surface area (Å²) in [4.78, 5) is 15.9. The van der Waals surface area contributed by atoms with Crippen molar-refractivity contribution < 1.29 is 9.53 Å². The average molecular weight is 325 g/mol. The van der Waals surface area contributed by atoms with Gasteiger partial charge in [-0.05, 0) is 25.7 Å². The lowest BCUT2D eigenvalue weighted by Crippen LogP contribution is -2.21. The summed E-state index contributed by atoms with van der Waals surface area (Å²) in [6.45, 7) is 8.42. The Hall–Kier alpha value is -1.32. The lowest BCUT2D eigenvalue weighted by Gasteiger charge is -2.18. The van der Waals surface area contributed by atoms with Crippen LogP contribution < -0.4 is 0 Å². The molecule has 1 aromatic heterocycles. The highest BCUT2D eigenvalue weighted by Crippen LogP contribution is 2.16. The number of aromatic nitrogens is 2. The molecule has 0 bridgehead atoms. The maximum absolute atomic E-state index is 12.0. The largest absolute Gasteiger partial charge is 0.446 e. The second-order valence-corrected chi connectivity index (χ2v) is 5.67. The van der Waals surface area contributed by atoms with E-state index in [0.717, 1.165) is 25.7 Å². The van der Waals surface area contributed by atoms with Gasteiger partial charge < -0.3 is 4.74 Å². The smallest absolute Gasteiger partial charge is 0.419 e. The number of rotatable bonds is 11. The molecule has 23 heavy (non-hydrogen) atoms. The number of hydrogen-bond donors (Lipinski definition) is 0. The Morgan fingerprint density at radius 1 is 1.00 bits per heavy atom. The number of nitrogens with zero attached hydrogens (tertiary/aromatic N) is 2. The van der Waals surface area contributed by atoms with Crippen LogP contribution in [0.15, 0.2) is 18.7 Å². The monoisotopic (exact) mass is 324 g/mol. The molecule has 134 valence electrons. The van der Waals surface area contributed by atoms with Gasteiger partial charge in [-0.3, -0.25) is 0 Å². The van der Waals surface area contributed by atoms with Gasteiger partial charge in [-0.1, -0.05) is 66.2 Å². The van der Waals surface area contributed by atoms with Crippen LogP contribution in [0.1, 0.15) is 91.9 Å². The van der Waals surface area contributed by atoms with Crippen LogP contribution in [-0.4, -0.2) is 21.7 Å². The Labute approximate surface area is 142 Å². The lowest BCUT2D eigenvalue weighted by atomic mass is 10.0. The van der Waals surface area contributed by atoms with Crippen LogP contribution in [0.25, 0.3) is 0 Å². The highest BCUT2D eigenvalue weighted by atomic mass is 16.6. The van der Waals surface area contributed by atoms with Gasteiger partial charge >= 0.3 is 6.09 Å². The van der Waals surface area contributed by atoms with E-state index in [-0.39, 0.29) is 12.2 Å². The predicted molar refractivity (Wildman–Crippen MR) is 96.8 cm³/mol. The van der Waals surface area contributed by atoms with E-state index in [1.165, 1.54) is 49.4 Å². The maximum atomic E-state index is 12.0. The minimum atomic E-state index is -0.302. The summed E-state index contributed by atoms with van der Waals surface area (Å²) in [6.07, 6.45) is 16.2. The van der Waals surface area contributed by atoms with Crippen LogP contribution in [0.4, 0.5) is 4.79 Å². The van der Waals surface area contributed by atoms with Gasteiger partial charge in [0, 0.05) is 12.4 Å². The molecule has 0 aromatic carbocycles. The fourth-order valence-corrected chi connectivity index (χ4v) is 2.43. The van der Waals surface area contributed by atoms with Gasteiger partial charge in [-0.2, -0.15) is 0 Å². The second-order valence-electron chi connectivity index (χ2n) is 5.67. The van der Waals surface area contributed by atoms with Gasteiger partial charge in [0.05, 0.1) is 0 Å². The number of ether oxygens (including phenoxy) is 1. The molecule has 1 aromatic rings. The Balaban J connectivity index is 0.00000232. The van der Waals surface area contributed by atoms with Crippen molar-refractivity contribution in [1.29, 1.82) is 0 Å². The first-order valence-corrected chi connectivity index (χ1v) is 9.46. The van der Waals surface area contributed by atoms with Gasteiger partial charge in [0.25, 0.3) is 0 Å². The number of imidazole rings is 1. The summed E-state index contributed by atoms with van der Waals surface area (Å²) in [6, 6.07) is 0. The zero-order valence-corrected chi connectivity index (χ0v) is 15.6. The highest BCUT2D eigenvalue weighted by Gasteiger charge is 2.15. The molecule has 0 saturated carbocycles. The number of carbonyl (C=O) groups is 1. The normalized spacial score (nSPS) is 10.3. The third-order valence-corrected chi connectivity index (χ3v) is 3.74. The zero-order valence-electron chi connectivity index (χ0n) is 15.6. The topological polar surface area (TPSA) is 44.1 Å². The third kappa shape index (κ3) is 10.9. The summed E-state index contributed by atoms with van der Waals surface area (Å²) in [7, 11) is 0. The standard InChI is InChI=1S/C17H30N2O2.C2H6/c1-3-5-7-9-11-16(12-10-8-6-4-2)21-17(20)19-14-13-18-15-19;1-2/h13-16H,3-12H2,1-2H3;1-2H3. The van der Waals surface area contributed by atoms with Gasteiger partial charge in [-0.25, -0.2) is 14.3 Å². The number of hydrogen-bond acceptors (Lipinski definition) is 3. The highest BCUT2D eigenvalue weighted by molar-refractivity contribution is 5.70. The van der Waals surface area contributed by atoms with Crippen molar-refractivity contribution in [2.75, 3.05) is 0 Å². The molecule has 0 radical (unpaired) electrons. The molecule has 4 nitrogen and oxygen atoms in total. The summed E-state index contributed by atoms with van der Waals surface area (Å²) < 4.78 is 7.05. The summed E-state index contributed by atoms with van der Waals surface area (Å²) in [5, 5.41) is 0. The summed E-state index contributed by atoms with van der Waals surface area (Å²) in [5.41, 5.74) is 0. The Kier molecular flexibility index (Phi) is 14.7. The molecule has 0 aliphatic rings. The fourth-order valence-electron chi connectivity index (χ4n) is 2.43. The molecule has 4 heteroatoms. The van der Waals surface area contributed by atoms with Gasteiger partial charge in [-0.15, -0.1) is 0 Å². The molecular formula is C19H36N2O2. The van der Waals surface area contributed by atoms with Gasteiger partial charge in [0.2, 0.25) is 0 Å². The van der Waals surface area contributed by atoms with E-state index >= 15 is 0 Å². The quantitative estimate of drug-likeness (QED) is 0.455. The van der Waals surface area contributed by atoms with Crippen molar-refractivity contribution in [3.8, 4) is 0 Å². The van der Waals surface area contributed by atoms with Crippen molar-refractivity contribution in [1.82, 2.24) is 9.55 Å². The molecule has 0 spiro atoms. The minimum absolute atomic E-state index is 0.0496. The van der Waals surface area contributed by atoms with Crippen molar-refractivity contribution >= 4 is 6.09 Å². The molecule has 1 heterocycles. The van der Waals surface area contributed by atoms with Crippen LogP contribution in [0.2, 0.25) is 0 Å². The van der Waals surface area contributed by atoms with E-state index in [9.17, 15) is 4.79 Å². The van der Waals surface area contributed by atoms with Crippen LogP contribution in [-0.2, 0) is 4.74 Å². The second kappa shape index (κ2) is 15.6. The van der Waals surface area contributed by atoms with Crippen LogP contribution >= 0.6 is 0 Å². The van der Waals surface area contributed by atoms with Gasteiger partial charge in [0.15, 0.2) is 0 Å². The molecule has 0 aliphatic carbocycles. The van der Waals surface area contributed by atoms with Crippen molar-refractivity contribution in [3.05, 3.63) is 18.7 Å². The molecule has 0 fully saturated rings. The molecule has 0 amide bonds. The number of carbonyl (C=O) groups excluding carboxylic acids is 1. The first-order valence-electron chi connectivity index (χ1n) is 9.46. The van der Waals surface area contributed by atoms with E-state index in [4.69, 9.17) is 4.74 Å². The van der Waals surface area contributed by atoms with E-state index in [0.29, 0.717) is 0 Å². The van der Waals surface area contributed by atoms with E-state index in [2.05, 4.69) is 18.8 Å². The van der Waals surface area contributed by atoms with Crippen LogP contribution in [0.5, 0.6) is 0 Å². The molecule has 0 N–H and O–H groups in total. The molecule has 0 unspecified atom stereocenters. The van der Waals surface area contributed by atoms with Crippen molar-refractivity contribution in [2.45, 2.75) is 98.0 Å². The zero-order chi connectivity index (χ0) is 17.3. The van der Waals surface area contributed by atoms with Gasteiger partial charge in [0.1, 0.15) is 12.4 Å². The lowest BCUT2D eigenvalue weighted by molar-refractivity contribution is 0.0852. The Morgan fingerprint density at radius 3 is 2.00 bits per heavy atom. The SMILES string of the molecule is CC.CCCCCCC(CCCCCC)OC(=O)n1ccnc1. The van der Waals surface area contributed by atoms with E-state index in [1.807, 2.05) is 13.8 Å². The third-order valence-electron chi connectivity index (χ3n) is 3.74. The van der Waals surface area contributed by atoms with E-state index < -0.39 is 0 Å². The Bertz CT molecular complexity index is 351. The maximum Gasteiger partial charge on any atom is 0.419 e. The molecule has 0 atom stereocenters. The first kappa shape index (κ1) is 21.7. The average Bonchev–Trinajstić information content (AvgIpc) is 3.11. The molecule has 0 saturated heterocycles.